The van der Waals surface area contributed by atoms with Gasteiger partial charge in [-0.15, -0.1) is 0 Å². The number of methoxy groups -OCH3 is 1. The molecule has 1 aromatic carbocycles. The molecule has 1 rings (SSSR count). The zero-order chi connectivity index (χ0) is 10.2. The first-order valence-electron chi connectivity index (χ1n) is 4.30. The van der Waals surface area contributed by atoms with Crippen LogP contribution < -0.4 is 0 Å². The first-order chi connectivity index (χ1) is 6.86. The normalized spacial score (nSPS) is 12.7. The predicted molar refractivity (Wildman–Crippen MR) is 55.0 cm³/mol. The third-order valence-electron chi connectivity index (χ3n) is 1.55. The zero-order valence-corrected chi connectivity index (χ0v) is 8.80. The van der Waals surface area contributed by atoms with Crippen molar-refractivity contribution in [2.24, 2.45) is 0 Å². The van der Waals surface area contributed by atoms with E-state index < -0.39 is 12.8 Å². The van der Waals surface area contributed by atoms with Crippen LogP contribution in [0.15, 0.2) is 35.2 Å². The Labute approximate surface area is 87.6 Å². The second-order valence-corrected chi connectivity index (χ2v) is 3.55. The minimum atomic E-state index is -0.534. The summed E-state index contributed by atoms with van der Waals surface area (Å²) < 4.78 is 22.4. The van der Waals surface area contributed by atoms with Crippen molar-refractivity contribution in [3.8, 4) is 0 Å². The fraction of sp³-hybridized carbons (Fsp3) is 0.400. The van der Waals surface area contributed by atoms with E-state index in [2.05, 4.69) is 0 Å². The monoisotopic (exact) mass is 216 g/mol. The van der Waals surface area contributed by atoms with Gasteiger partial charge in [-0.3, -0.25) is 0 Å². The Morgan fingerprint density at radius 2 is 2.07 bits per heavy atom. The summed E-state index contributed by atoms with van der Waals surface area (Å²) in [6, 6.07) is 9.56. The molecule has 1 aromatic rings. The van der Waals surface area contributed by atoms with E-state index in [1.807, 2.05) is 30.3 Å². The van der Waals surface area contributed by atoms with Crippen LogP contribution in [0.5, 0.6) is 0 Å². The summed E-state index contributed by atoms with van der Waals surface area (Å²) in [6.07, 6.45) is -0.495. The van der Waals surface area contributed by atoms with E-state index in [1.165, 1.54) is 19.2 Å². The maximum atomic E-state index is 12.3. The highest BCUT2D eigenvalue weighted by Crippen LogP contribution is 2.20. The molecule has 0 aliphatic carbocycles. The average Bonchev–Trinajstić information content (AvgIpc) is 2.25. The van der Waals surface area contributed by atoms with Crippen molar-refractivity contribution in [2.45, 2.75) is 11.0 Å². The third kappa shape index (κ3) is 4.09. The SMILES string of the molecule is COCC(CF)OSc1ccccc1. The summed E-state index contributed by atoms with van der Waals surface area (Å²) in [5.74, 6) is 0. The largest absolute Gasteiger partial charge is 0.382 e. The Balaban J connectivity index is 2.32. The fourth-order valence-electron chi connectivity index (χ4n) is 0.884. The van der Waals surface area contributed by atoms with Crippen LogP contribution in [0.3, 0.4) is 0 Å². The quantitative estimate of drug-likeness (QED) is 0.681. The average molecular weight is 216 g/mol. The zero-order valence-electron chi connectivity index (χ0n) is 7.98. The maximum Gasteiger partial charge on any atom is 0.124 e. The lowest BCUT2D eigenvalue weighted by molar-refractivity contribution is 0.0783. The van der Waals surface area contributed by atoms with E-state index in [9.17, 15) is 4.39 Å². The van der Waals surface area contributed by atoms with Crippen molar-refractivity contribution in [1.29, 1.82) is 0 Å². The molecule has 2 nitrogen and oxygen atoms in total. The third-order valence-corrected chi connectivity index (χ3v) is 2.38. The van der Waals surface area contributed by atoms with E-state index in [0.717, 1.165) is 4.90 Å². The van der Waals surface area contributed by atoms with Gasteiger partial charge in [0.05, 0.1) is 6.61 Å². The smallest absolute Gasteiger partial charge is 0.124 e. The van der Waals surface area contributed by atoms with Gasteiger partial charge in [0, 0.05) is 24.0 Å². The summed E-state index contributed by atoms with van der Waals surface area (Å²) in [4.78, 5) is 0.960. The molecule has 4 heteroatoms. The maximum absolute atomic E-state index is 12.3. The van der Waals surface area contributed by atoms with Crippen molar-refractivity contribution in [3.63, 3.8) is 0 Å². The van der Waals surface area contributed by atoms with E-state index in [0.29, 0.717) is 0 Å². The van der Waals surface area contributed by atoms with Gasteiger partial charge in [0.25, 0.3) is 0 Å². The van der Waals surface area contributed by atoms with Crippen molar-refractivity contribution in [2.75, 3.05) is 20.4 Å². The summed E-state index contributed by atoms with van der Waals surface area (Å²) >= 11 is 1.17. The van der Waals surface area contributed by atoms with Gasteiger partial charge in [-0.05, 0) is 12.1 Å². The van der Waals surface area contributed by atoms with Gasteiger partial charge in [0.1, 0.15) is 12.8 Å². The van der Waals surface area contributed by atoms with Gasteiger partial charge >= 0.3 is 0 Å². The van der Waals surface area contributed by atoms with Crippen LogP contribution in [0, 0.1) is 0 Å². The molecule has 0 saturated heterocycles. The van der Waals surface area contributed by atoms with E-state index >= 15 is 0 Å². The molecule has 0 aromatic heterocycles. The van der Waals surface area contributed by atoms with E-state index in [4.69, 9.17) is 8.92 Å². The topological polar surface area (TPSA) is 18.5 Å². The lowest BCUT2D eigenvalue weighted by Gasteiger charge is -2.11. The van der Waals surface area contributed by atoms with Crippen molar-refractivity contribution in [1.82, 2.24) is 0 Å². The molecule has 78 valence electrons. The molecule has 0 radical (unpaired) electrons. The highest BCUT2D eigenvalue weighted by Gasteiger charge is 2.09. The molecule has 1 atom stereocenters. The minimum absolute atomic E-state index is 0.274. The number of halogens is 1. The number of hydrogen-bond acceptors (Lipinski definition) is 3. The van der Waals surface area contributed by atoms with Crippen LogP contribution in [0.4, 0.5) is 4.39 Å². The summed E-state index contributed by atoms with van der Waals surface area (Å²) in [5.41, 5.74) is 0. The van der Waals surface area contributed by atoms with E-state index in [1.54, 1.807) is 0 Å². The Morgan fingerprint density at radius 1 is 1.36 bits per heavy atom. The highest BCUT2D eigenvalue weighted by molar-refractivity contribution is 7.94. The summed E-state index contributed by atoms with van der Waals surface area (Å²) in [7, 11) is 1.53. The molecular formula is C10H13FO2S. The van der Waals surface area contributed by atoms with E-state index in [-0.39, 0.29) is 6.61 Å². The molecular weight excluding hydrogens is 203 g/mol. The number of benzene rings is 1. The molecule has 0 aliphatic heterocycles. The van der Waals surface area contributed by atoms with Crippen LogP contribution in [-0.4, -0.2) is 26.5 Å². The van der Waals surface area contributed by atoms with Crippen molar-refractivity contribution >= 4 is 12.0 Å². The second-order valence-electron chi connectivity index (χ2n) is 2.72. The number of ether oxygens (including phenoxy) is 1. The van der Waals surface area contributed by atoms with Gasteiger partial charge in [-0.2, -0.15) is 0 Å². The first kappa shape index (κ1) is 11.5. The predicted octanol–water partition coefficient (Wildman–Crippen LogP) is 2.69. The van der Waals surface area contributed by atoms with Gasteiger partial charge in [-0.1, -0.05) is 18.2 Å². The van der Waals surface area contributed by atoms with Gasteiger partial charge in [0.2, 0.25) is 0 Å². The molecule has 0 bridgehead atoms. The molecule has 1 unspecified atom stereocenters. The molecule has 0 saturated carbocycles. The lowest BCUT2D eigenvalue weighted by atomic mass is 10.4. The molecule has 0 amide bonds. The summed E-state index contributed by atoms with van der Waals surface area (Å²) in [5, 5.41) is 0. The number of hydrogen-bond donors (Lipinski definition) is 0. The van der Waals surface area contributed by atoms with Crippen LogP contribution in [0.25, 0.3) is 0 Å². The van der Waals surface area contributed by atoms with Crippen LogP contribution in [0.2, 0.25) is 0 Å². The minimum Gasteiger partial charge on any atom is -0.382 e. The van der Waals surface area contributed by atoms with Gasteiger partial charge in [-0.25, -0.2) is 4.39 Å². The Kier molecular flexibility index (Phi) is 5.59. The Hall–Kier alpha value is -0.580. The molecule has 14 heavy (non-hydrogen) atoms. The lowest BCUT2D eigenvalue weighted by Crippen LogP contribution is -2.18. The van der Waals surface area contributed by atoms with Crippen LogP contribution in [-0.2, 0) is 8.92 Å². The standard InChI is InChI=1S/C10H13FO2S/c1-12-8-9(7-11)13-14-10-5-3-2-4-6-10/h2-6,9H,7-8H2,1H3. The summed E-state index contributed by atoms with van der Waals surface area (Å²) in [6.45, 7) is -0.260. The molecule has 0 fully saturated rings. The van der Waals surface area contributed by atoms with Crippen LogP contribution >= 0.6 is 12.0 Å². The first-order valence-corrected chi connectivity index (χ1v) is 5.04. The second kappa shape index (κ2) is 6.81. The fourth-order valence-corrected chi connectivity index (χ4v) is 1.51. The molecule has 0 N–H and O–H groups in total. The number of rotatable bonds is 6. The van der Waals surface area contributed by atoms with Gasteiger partial charge < -0.3 is 8.92 Å². The van der Waals surface area contributed by atoms with Crippen molar-refractivity contribution < 1.29 is 13.3 Å². The molecule has 0 aliphatic rings. The van der Waals surface area contributed by atoms with Gasteiger partial charge in [0.15, 0.2) is 0 Å². The molecule has 0 heterocycles. The van der Waals surface area contributed by atoms with Crippen LogP contribution in [0.1, 0.15) is 0 Å². The number of alkyl halides is 1. The Morgan fingerprint density at radius 3 is 2.64 bits per heavy atom. The molecule has 0 spiro atoms. The van der Waals surface area contributed by atoms with Crippen molar-refractivity contribution in [3.05, 3.63) is 30.3 Å². The highest BCUT2D eigenvalue weighted by atomic mass is 32.2. The Bertz CT molecular complexity index is 243.